The molecule has 0 aliphatic rings. The van der Waals surface area contributed by atoms with E-state index in [1.54, 1.807) is 6.07 Å². The number of hydrogen-bond donors (Lipinski definition) is 2. The van der Waals surface area contributed by atoms with Crippen molar-refractivity contribution in [2.75, 3.05) is 0 Å². The molecule has 0 radical (unpaired) electrons. The largest absolute Gasteiger partial charge is 0.447 e. The quantitative estimate of drug-likeness (QED) is 0.884. The van der Waals surface area contributed by atoms with E-state index in [1.165, 1.54) is 17.2 Å². The lowest BCUT2D eigenvalue weighted by Crippen LogP contribution is -2.18. The number of sulfonamides is 1. The van der Waals surface area contributed by atoms with Crippen LogP contribution in [0.2, 0.25) is 0 Å². The van der Waals surface area contributed by atoms with Crippen molar-refractivity contribution in [3.8, 4) is 0 Å². The second-order valence-electron chi connectivity index (χ2n) is 4.72. The maximum atomic E-state index is 11.1. The Morgan fingerprint density at radius 2 is 1.95 bits per heavy atom. The number of rotatable bonds is 5. The van der Waals surface area contributed by atoms with Gasteiger partial charge >= 0.3 is 0 Å². The molecule has 108 valence electrons. The summed E-state index contributed by atoms with van der Waals surface area (Å²) in [7, 11) is -3.77. The Balaban J connectivity index is 2.02. The minimum absolute atomic E-state index is 0.138. The summed E-state index contributed by atoms with van der Waals surface area (Å²) in [6, 6.07) is 11.2. The lowest BCUT2D eigenvalue weighted by Gasteiger charge is -2.15. The molecule has 1 aromatic heterocycles. The summed E-state index contributed by atoms with van der Waals surface area (Å²) in [6.45, 7) is 4.54. The molecule has 0 bridgehead atoms. The molecular formula is C14H18N2O3S. The van der Waals surface area contributed by atoms with Crippen LogP contribution in [0.15, 0.2) is 45.9 Å². The topological polar surface area (TPSA) is 85.3 Å². The van der Waals surface area contributed by atoms with Crippen LogP contribution in [0.1, 0.15) is 29.9 Å². The van der Waals surface area contributed by atoms with Crippen molar-refractivity contribution in [2.24, 2.45) is 5.14 Å². The molecule has 3 N–H and O–H groups in total. The third-order valence-electron chi connectivity index (χ3n) is 3.15. The molecule has 0 aliphatic heterocycles. The van der Waals surface area contributed by atoms with Gasteiger partial charge in [-0.2, -0.15) is 0 Å². The number of hydrogen-bond acceptors (Lipinski definition) is 4. The van der Waals surface area contributed by atoms with Crippen LogP contribution in [0.25, 0.3) is 0 Å². The number of primary sulfonamides is 1. The summed E-state index contributed by atoms with van der Waals surface area (Å²) < 4.78 is 27.4. The number of benzene rings is 1. The molecule has 0 amide bonds. The number of furan rings is 1. The fraction of sp³-hybridized carbons (Fsp3) is 0.286. The van der Waals surface area contributed by atoms with Crippen molar-refractivity contribution in [1.29, 1.82) is 0 Å². The Bertz CT molecular complexity index is 692. The van der Waals surface area contributed by atoms with E-state index in [2.05, 4.69) is 24.4 Å². The highest BCUT2D eigenvalue weighted by Gasteiger charge is 2.14. The zero-order valence-electron chi connectivity index (χ0n) is 11.5. The van der Waals surface area contributed by atoms with Crippen LogP contribution in [0.4, 0.5) is 0 Å². The van der Waals surface area contributed by atoms with Crippen LogP contribution in [0.3, 0.4) is 0 Å². The van der Waals surface area contributed by atoms with Crippen LogP contribution in [0, 0.1) is 6.92 Å². The summed E-state index contributed by atoms with van der Waals surface area (Å²) >= 11 is 0. The lowest BCUT2D eigenvalue weighted by atomic mass is 10.0. The zero-order valence-corrected chi connectivity index (χ0v) is 12.3. The highest BCUT2D eigenvalue weighted by molar-refractivity contribution is 7.89. The molecular weight excluding hydrogens is 276 g/mol. The van der Waals surface area contributed by atoms with E-state index < -0.39 is 10.0 Å². The van der Waals surface area contributed by atoms with Gasteiger partial charge in [-0.1, -0.05) is 24.3 Å². The maximum absolute atomic E-state index is 11.1. The first-order valence-corrected chi connectivity index (χ1v) is 7.83. The van der Waals surface area contributed by atoms with Gasteiger partial charge in [-0.15, -0.1) is 0 Å². The van der Waals surface area contributed by atoms with Crippen molar-refractivity contribution in [3.63, 3.8) is 0 Å². The minimum Gasteiger partial charge on any atom is -0.447 e. The first-order chi connectivity index (χ1) is 9.38. The van der Waals surface area contributed by atoms with Crippen LogP contribution >= 0.6 is 0 Å². The molecule has 0 spiro atoms. The Morgan fingerprint density at radius 1 is 1.25 bits per heavy atom. The molecule has 1 heterocycles. The minimum atomic E-state index is -3.77. The van der Waals surface area contributed by atoms with Gasteiger partial charge in [0.25, 0.3) is 10.0 Å². The molecule has 0 saturated heterocycles. The predicted molar refractivity (Wildman–Crippen MR) is 76.5 cm³/mol. The third-order valence-corrected chi connectivity index (χ3v) is 3.94. The van der Waals surface area contributed by atoms with Gasteiger partial charge in [-0.25, -0.2) is 13.6 Å². The average molecular weight is 294 g/mol. The molecule has 0 unspecified atom stereocenters. The highest BCUT2D eigenvalue weighted by Crippen LogP contribution is 2.18. The summed E-state index contributed by atoms with van der Waals surface area (Å²) in [5, 5.41) is 8.08. The number of aryl methyl sites for hydroxylation is 1. The van der Waals surface area contributed by atoms with E-state index in [0.717, 1.165) is 0 Å². The maximum Gasteiger partial charge on any atom is 0.271 e. The molecule has 0 fully saturated rings. The average Bonchev–Trinajstić information content (AvgIpc) is 2.85. The number of nitrogens with one attached hydrogen (secondary N) is 1. The van der Waals surface area contributed by atoms with Crippen LogP contribution in [0.5, 0.6) is 0 Å². The van der Waals surface area contributed by atoms with Crippen molar-refractivity contribution in [2.45, 2.75) is 31.5 Å². The molecule has 20 heavy (non-hydrogen) atoms. The normalized spacial score (nSPS) is 13.3. The molecule has 2 aromatic rings. The second-order valence-corrected chi connectivity index (χ2v) is 6.22. The first-order valence-electron chi connectivity index (χ1n) is 6.28. The Labute approximate surface area is 118 Å². The van der Waals surface area contributed by atoms with Crippen LogP contribution in [-0.2, 0) is 16.6 Å². The van der Waals surface area contributed by atoms with Gasteiger partial charge < -0.3 is 9.73 Å². The Hall–Kier alpha value is -1.63. The molecule has 1 atom stereocenters. The first kappa shape index (κ1) is 14.8. The van der Waals surface area contributed by atoms with Gasteiger partial charge in [0.05, 0.1) is 6.54 Å². The van der Waals surface area contributed by atoms with E-state index in [0.29, 0.717) is 12.3 Å². The fourth-order valence-electron chi connectivity index (χ4n) is 2.04. The molecule has 1 aromatic carbocycles. The summed E-state index contributed by atoms with van der Waals surface area (Å²) in [5.41, 5.74) is 2.41. The van der Waals surface area contributed by atoms with Gasteiger partial charge in [-0.05, 0) is 37.1 Å². The Kier molecular flexibility index (Phi) is 4.27. The standard InChI is InChI=1S/C14H18N2O3S/c1-10-5-3-4-6-13(10)11(2)16-9-12-7-8-14(19-12)20(15,17)18/h3-8,11,16H,9H2,1-2H3,(H2,15,17,18)/t11-/m0/s1. The van der Waals surface area contributed by atoms with Crippen LogP contribution < -0.4 is 10.5 Å². The number of nitrogens with two attached hydrogens (primary N) is 1. The molecule has 6 heteroatoms. The van der Waals surface area contributed by atoms with Gasteiger partial charge in [-0.3, -0.25) is 0 Å². The van der Waals surface area contributed by atoms with E-state index in [1.807, 2.05) is 19.1 Å². The highest BCUT2D eigenvalue weighted by atomic mass is 32.2. The van der Waals surface area contributed by atoms with Gasteiger partial charge in [0, 0.05) is 6.04 Å². The lowest BCUT2D eigenvalue weighted by molar-refractivity contribution is 0.393. The van der Waals surface area contributed by atoms with E-state index in [9.17, 15) is 8.42 Å². The summed E-state index contributed by atoms with van der Waals surface area (Å²) in [4.78, 5) is 0. The van der Waals surface area contributed by atoms with Crippen molar-refractivity contribution in [3.05, 3.63) is 53.3 Å². The SMILES string of the molecule is Cc1ccccc1[C@H](C)NCc1ccc(S(N)(=O)=O)o1. The van der Waals surface area contributed by atoms with Crippen molar-refractivity contribution < 1.29 is 12.8 Å². The van der Waals surface area contributed by atoms with Crippen molar-refractivity contribution in [1.82, 2.24) is 5.32 Å². The third kappa shape index (κ3) is 3.47. The summed E-state index contributed by atoms with van der Waals surface area (Å²) in [5.74, 6) is 0.537. The molecule has 2 rings (SSSR count). The van der Waals surface area contributed by atoms with Crippen molar-refractivity contribution >= 4 is 10.0 Å². The fourth-order valence-corrected chi connectivity index (χ4v) is 2.52. The summed E-state index contributed by atoms with van der Waals surface area (Å²) in [6.07, 6.45) is 0. The molecule has 5 nitrogen and oxygen atoms in total. The second kappa shape index (κ2) is 5.78. The van der Waals surface area contributed by atoms with Crippen LogP contribution in [-0.4, -0.2) is 8.42 Å². The van der Waals surface area contributed by atoms with Gasteiger partial charge in [0.1, 0.15) is 5.76 Å². The Morgan fingerprint density at radius 3 is 2.55 bits per heavy atom. The van der Waals surface area contributed by atoms with E-state index in [4.69, 9.17) is 9.56 Å². The van der Waals surface area contributed by atoms with E-state index in [-0.39, 0.29) is 11.1 Å². The zero-order chi connectivity index (χ0) is 14.8. The van der Waals surface area contributed by atoms with E-state index >= 15 is 0 Å². The van der Waals surface area contributed by atoms with Gasteiger partial charge in [0.15, 0.2) is 0 Å². The van der Waals surface area contributed by atoms with Gasteiger partial charge in [0.2, 0.25) is 5.09 Å². The monoisotopic (exact) mass is 294 g/mol. The molecule has 0 saturated carbocycles. The smallest absolute Gasteiger partial charge is 0.271 e. The molecule has 0 aliphatic carbocycles. The predicted octanol–water partition coefficient (Wildman–Crippen LogP) is 2.09.